The van der Waals surface area contributed by atoms with Crippen LogP contribution in [-0.4, -0.2) is 30.7 Å². The van der Waals surface area contributed by atoms with Gasteiger partial charge in [0.15, 0.2) is 5.13 Å². The number of rotatable bonds is 2. The van der Waals surface area contributed by atoms with E-state index in [0.717, 1.165) is 36.0 Å². The Morgan fingerprint density at radius 3 is 3.24 bits per heavy atom. The summed E-state index contributed by atoms with van der Waals surface area (Å²) in [4.78, 5) is 4.88. The van der Waals surface area contributed by atoms with E-state index < -0.39 is 0 Å². The van der Waals surface area contributed by atoms with Crippen molar-refractivity contribution in [1.82, 2.24) is 10.3 Å². The molecule has 1 saturated carbocycles. The minimum Gasteiger partial charge on any atom is -0.493 e. The number of piperidine rings is 1. The Morgan fingerprint density at radius 1 is 1.38 bits per heavy atom. The number of benzene rings is 1. The molecule has 2 fully saturated rings. The topological polar surface area (TPSA) is 46.2 Å². The maximum Gasteiger partial charge on any atom is 0.184 e. The Morgan fingerprint density at radius 2 is 2.33 bits per heavy atom. The first-order valence-electron chi connectivity index (χ1n) is 7.87. The molecule has 5 heteroatoms. The Kier molecular flexibility index (Phi) is 2.53. The number of nitrogens with zero attached hydrogens (tertiary/aromatic N) is 1. The normalized spacial score (nSPS) is 25.8. The Bertz CT molecular complexity index is 707. The molecular weight excluding hydrogens is 282 g/mol. The van der Waals surface area contributed by atoms with Crippen LogP contribution in [-0.2, 0) is 6.42 Å². The number of anilines is 1. The van der Waals surface area contributed by atoms with Gasteiger partial charge in [0.1, 0.15) is 5.75 Å². The molecule has 0 bridgehead atoms. The van der Waals surface area contributed by atoms with E-state index in [1.807, 2.05) is 0 Å². The minimum atomic E-state index is 0.501. The Hall–Kier alpha value is -1.33. The number of hydrogen-bond acceptors (Lipinski definition) is 5. The van der Waals surface area contributed by atoms with Gasteiger partial charge in [-0.2, -0.15) is 0 Å². The van der Waals surface area contributed by atoms with Crippen molar-refractivity contribution in [2.24, 2.45) is 5.41 Å². The number of ether oxygens (including phenoxy) is 1. The zero-order chi connectivity index (χ0) is 13.9. The highest BCUT2D eigenvalue weighted by Gasteiger charge is 2.50. The fraction of sp³-hybridized carbons (Fsp3) is 0.562. The number of fused-ring (bicyclic) bond motifs is 3. The van der Waals surface area contributed by atoms with Gasteiger partial charge in [0.25, 0.3) is 0 Å². The lowest BCUT2D eigenvalue weighted by Crippen LogP contribution is -2.45. The Labute approximate surface area is 127 Å². The second kappa shape index (κ2) is 4.34. The molecule has 1 saturated heterocycles. The molecule has 2 N–H and O–H groups in total. The second-order valence-corrected chi connectivity index (χ2v) is 7.56. The average molecular weight is 301 g/mol. The van der Waals surface area contributed by atoms with Crippen molar-refractivity contribution in [2.75, 3.05) is 25.0 Å². The fourth-order valence-corrected chi connectivity index (χ4v) is 4.75. The molecule has 2 aliphatic heterocycles. The third-order valence-corrected chi connectivity index (χ3v) is 6.20. The van der Waals surface area contributed by atoms with E-state index in [2.05, 4.69) is 22.8 Å². The van der Waals surface area contributed by atoms with Crippen LogP contribution in [0.3, 0.4) is 0 Å². The molecule has 21 heavy (non-hydrogen) atoms. The first kappa shape index (κ1) is 12.2. The van der Waals surface area contributed by atoms with Gasteiger partial charge in [-0.15, -0.1) is 0 Å². The van der Waals surface area contributed by atoms with E-state index >= 15 is 0 Å². The van der Waals surface area contributed by atoms with Gasteiger partial charge >= 0.3 is 0 Å². The van der Waals surface area contributed by atoms with Crippen LogP contribution in [0.5, 0.6) is 5.75 Å². The smallest absolute Gasteiger partial charge is 0.184 e. The lowest BCUT2D eigenvalue weighted by molar-refractivity contribution is 0.323. The van der Waals surface area contributed by atoms with Crippen molar-refractivity contribution in [3.05, 3.63) is 17.7 Å². The monoisotopic (exact) mass is 301 g/mol. The van der Waals surface area contributed by atoms with E-state index in [9.17, 15) is 0 Å². The standard InChI is InChI=1S/C16H19N3OS/c1-2-12-14(10-4-8-20-11(1)10)19-15(21-12)18-13-3-7-17-9-16(13)5-6-16/h1-2,13,17H,3-9H2,(H,18,19). The van der Waals surface area contributed by atoms with Crippen LogP contribution in [0.2, 0.25) is 0 Å². The largest absolute Gasteiger partial charge is 0.493 e. The highest BCUT2D eigenvalue weighted by Crippen LogP contribution is 2.51. The summed E-state index contributed by atoms with van der Waals surface area (Å²) in [7, 11) is 0. The molecule has 3 aliphatic rings. The molecule has 3 heterocycles. The number of thiazole rings is 1. The predicted molar refractivity (Wildman–Crippen MR) is 85.4 cm³/mol. The van der Waals surface area contributed by atoms with Crippen LogP contribution in [0.25, 0.3) is 10.2 Å². The van der Waals surface area contributed by atoms with Crippen molar-refractivity contribution >= 4 is 26.7 Å². The first-order valence-corrected chi connectivity index (χ1v) is 8.68. The van der Waals surface area contributed by atoms with Gasteiger partial charge in [-0.3, -0.25) is 0 Å². The van der Waals surface area contributed by atoms with Crippen molar-refractivity contribution in [1.29, 1.82) is 0 Å². The van der Waals surface area contributed by atoms with Crippen molar-refractivity contribution in [2.45, 2.75) is 31.7 Å². The molecule has 2 aromatic rings. The van der Waals surface area contributed by atoms with Crippen LogP contribution in [0.15, 0.2) is 12.1 Å². The average Bonchev–Trinajstić information content (AvgIpc) is 2.95. The molecule has 1 aromatic heterocycles. The third kappa shape index (κ3) is 1.87. The highest BCUT2D eigenvalue weighted by molar-refractivity contribution is 7.22. The van der Waals surface area contributed by atoms with E-state index in [1.165, 1.54) is 36.1 Å². The van der Waals surface area contributed by atoms with E-state index in [0.29, 0.717) is 11.5 Å². The number of hydrogen-bond donors (Lipinski definition) is 2. The summed E-state index contributed by atoms with van der Waals surface area (Å²) in [6, 6.07) is 4.83. The molecule has 1 aliphatic carbocycles. The number of nitrogens with one attached hydrogen (secondary N) is 2. The van der Waals surface area contributed by atoms with E-state index in [-0.39, 0.29) is 0 Å². The lowest BCUT2D eigenvalue weighted by Gasteiger charge is -2.32. The first-order chi connectivity index (χ1) is 10.3. The van der Waals surface area contributed by atoms with E-state index in [1.54, 1.807) is 11.3 Å². The van der Waals surface area contributed by atoms with Gasteiger partial charge in [-0.25, -0.2) is 4.98 Å². The van der Waals surface area contributed by atoms with Crippen molar-refractivity contribution < 1.29 is 4.74 Å². The van der Waals surface area contributed by atoms with Gasteiger partial charge < -0.3 is 15.4 Å². The van der Waals surface area contributed by atoms with Gasteiger partial charge in [-0.1, -0.05) is 11.3 Å². The van der Waals surface area contributed by atoms with Gasteiger partial charge in [0, 0.05) is 30.0 Å². The third-order valence-electron chi connectivity index (χ3n) is 5.25. The second-order valence-electron chi connectivity index (χ2n) is 6.53. The van der Waals surface area contributed by atoms with Crippen molar-refractivity contribution in [3.8, 4) is 5.75 Å². The molecule has 5 rings (SSSR count). The zero-order valence-electron chi connectivity index (χ0n) is 11.9. The summed E-state index contributed by atoms with van der Waals surface area (Å²) < 4.78 is 6.92. The van der Waals surface area contributed by atoms with Gasteiger partial charge in [0.05, 0.1) is 16.8 Å². The molecule has 1 unspecified atom stereocenters. The minimum absolute atomic E-state index is 0.501. The van der Waals surface area contributed by atoms with Crippen LogP contribution < -0.4 is 15.4 Å². The summed E-state index contributed by atoms with van der Waals surface area (Å²) in [5.41, 5.74) is 2.95. The summed E-state index contributed by atoms with van der Waals surface area (Å²) in [5, 5.41) is 8.37. The summed E-state index contributed by atoms with van der Waals surface area (Å²) in [5.74, 6) is 1.03. The Balaban J connectivity index is 1.48. The molecule has 1 aromatic carbocycles. The maximum atomic E-state index is 5.64. The summed E-state index contributed by atoms with van der Waals surface area (Å²) >= 11 is 1.79. The van der Waals surface area contributed by atoms with Crippen LogP contribution in [0, 0.1) is 5.41 Å². The van der Waals surface area contributed by atoms with Gasteiger partial charge in [0.2, 0.25) is 0 Å². The van der Waals surface area contributed by atoms with Crippen LogP contribution in [0.4, 0.5) is 5.13 Å². The molecule has 0 radical (unpaired) electrons. The molecule has 1 spiro atoms. The predicted octanol–water partition coefficient (Wildman–Crippen LogP) is 2.79. The zero-order valence-corrected chi connectivity index (χ0v) is 12.8. The lowest BCUT2D eigenvalue weighted by atomic mass is 9.90. The highest BCUT2D eigenvalue weighted by atomic mass is 32.1. The molecule has 4 nitrogen and oxygen atoms in total. The van der Waals surface area contributed by atoms with Crippen molar-refractivity contribution in [3.63, 3.8) is 0 Å². The number of aromatic nitrogens is 1. The SMILES string of the molecule is c1cc2sc(NC3CCNCC34CC4)nc2c2c1OCC2. The van der Waals surface area contributed by atoms with Gasteiger partial charge in [-0.05, 0) is 37.9 Å². The van der Waals surface area contributed by atoms with Crippen LogP contribution in [0.1, 0.15) is 24.8 Å². The van der Waals surface area contributed by atoms with E-state index in [4.69, 9.17) is 9.72 Å². The summed E-state index contributed by atoms with van der Waals surface area (Å²) in [6.45, 7) is 3.08. The molecule has 1 atom stereocenters. The summed E-state index contributed by atoms with van der Waals surface area (Å²) in [6.07, 6.45) is 4.90. The van der Waals surface area contributed by atoms with Crippen LogP contribution >= 0.6 is 11.3 Å². The quantitative estimate of drug-likeness (QED) is 0.895. The molecule has 110 valence electrons. The maximum absolute atomic E-state index is 5.64. The molecule has 0 amide bonds. The fourth-order valence-electron chi connectivity index (χ4n) is 3.80. The molecular formula is C16H19N3OS.